The highest BCUT2D eigenvalue weighted by atomic mass is 31.2. The summed E-state index contributed by atoms with van der Waals surface area (Å²) in [4.78, 5) is 29.3. The molecule has 0 aliphatic carbocycles. The monoisotopic (exact) mass is 288 g/mol. The highest BCUT2D eigenvalue weighted by Crippen LogP contribution is 2.24. The van der Waals surface area contributed by atoms with Crippen molar-refractivity contribution in [2.75, 3.05) is 32.9 Å². The van der Waals surface area contributed by atoms with E-state index in [0.717, 1.165) is 13.0 Å². The van der Waals surface area contributed by atoms with E-state index in [2.05, 4.69) is 5.32 Å². The van der Waals surface area contributed by atoms with Crippen molar-refractivity contribution in [1.29, 1.82) is 0 Å². The second-order valence-corrected chi connectivity index (χ2v) is 3.96. The van der Waals surface area contributed by atoms with Crippen LogP contribution in [0.5, 0.6) is 0 Å². The predicted octanol–water partition coefficient (Wildman–Crippen LogP) is -0.384. The number of carboxylic acid groups (broad SMARTS) is 1. The molecular weight excluding hydrogens is 266 g/mol. The van der Waals surface area contributed by atoms with Crippen molar-refractivity contribution in [3.05, 3.63) is 0 Å². The Labute approximate surface area is 106 Å². The van der Waals surface area contributed by atoms with Gasteiger partial charge in [0.15, 0.2) is 0 Å². The third kappa shape index (κ3) is 14.1. The minimum absolute atomic E-state index is 0. The van der Waals surface area contributed by atoms with E-state index in [9.17, 15) is 4.79 Å². The van der Waals surface area contributed by atoms with E-state index in [-0.39, 0.29) is 23.2 Å². The van der Waals surface area contributed by atoms with E-state index in [1.54, 1.807) is 0 Å². The van der Waals surface area contributed by atoms with Crippen molar-refractivity contribution in [2.24, 2.45) is 0 Å². The minimum Gasteiger partial charge on any atom is -0.480 e. The van der Waals surface area contributed by atoms with Crippen LogP contribution in [0.3, 0.4) is 0 Å². The van der Waals surface area contributed by atoms with Crippen molar-refractivity contribution in [3.63, 3.8) is 0 Å². The Morgan fingerprint density at radius 2 is 2.06 bits per heavy atom. The molecule has 0 aromatic carbocycles. The summed E-state index contributed by atoms with van der Waals surface area (Å²) in [6, 6.07) is 0. The number of carboxylic acids is 1. The molecule has 0 saturated carbocycles. The molecule has 4 N–H and O–H groups in total. The van der Waals surface area contributed by atoms with Gasteiger partial charge in [0.1, 0.15) is 6.73 Å². The molecule has 0 aromatic heterocycles. The van der Waals surface area contributed by atoms with Gasteiger partial charge < -0.3 is 20.2 Å². The van der Waals surface area contributed by atoms with E-state index in [0.29, 0.717) is 13.1 Å². The quantitative estimate of drug-likeness (QED) is 0.247. The van der Waals surface area contributed by atoms with Gasteiger partial charge in [-0.1, -0.05) is 6.92 Å². The fourth-order valence-corrected chi connectivity index (χ4v) is 1.39. The third-order valence-corrected chi connectivity index (χ3v) is 2.12. The Balaban J connectivity index is 0. The van der Waals surface area contributed by atoms with E-state index >= 15 is 0 Å². The van der Waals surface area contributed by atoms with Gasteiger partial charge in [-0.05, 0) is 6.42 Å². The molecule has 0 fully saturated rings. The molecule has 1 atom stereocenters. The van der Waals surface area contributed by atoms with Crippen LogP contribution in [0.15, 0.2) is 0 Å². The fourth-order valence-electron chi connectivity index (χ4n) is 1.12. The topological polar surface area (TPSA) is 102 Å². The van der Waals surface area contributed by atoms with Crippen LogP contribution in [-0.2, 0) is 9.32 Å². The Bertz CT molecular complexity index is 197. The number of nitrogens with one attached hydrogen (secondary N) is 1. The maximum atomic E-state index is 10.2. The van der Waals surface area contributed by atoms with Gasteiger partial charge in [0.05, 0.1) is 6.54 Å². The minimum atomic E-state index is -2.33. The van der Waals surface area contributed by atoms with Crippen LogP contribution in [0.4, 0.5) is 0 Å². The Kier molecular flexibility index (Phi) is 14.4. The molecule has 0 rings (SSSR count). The van der Waals surface area contributed by atoms with Crippen LogP contribution >= 0.6 is 18.5 Å². The van der Waals surface area contributed by atoms with Gasteiger partial charge in [-0.3, -0.25) is 14.2 Å². The molecule has 0 heterocycles. The van der Waals surface area contributed by atoms with Crippen molar-refractivity contribution >= 4 is 24.5 Å². The number of hydrogen-bond acceptors (Lipinski definition) is 6. The van der Waals surface area contributed by atoms with Gasteiger partial charge in [0, 0.05) is 19.6 Å². The highest BCUT2D eigenvalue weighted by Gasteiger charge is 2.07. The zero-order valence-electron chi connectivity index (χ0n) is 10.0. The number of nitrogens with zero attached hydrogens (tertiary/aromatic N) is 1. The van der Waals surface area contributed by atoms with E-state index < -0.39 is 14.6 Å². The lowest BCUT2D eigenvalue weighted by atomic mass is 10.4. The van der Waals surface area contributed by atoms with Crippen molar-refractivity contribution in [2.45, 2.75) is 13.3 Å². The molecule has 0 radical (unpaired) electrons. The van der Waals surface area contributed by atoms with E-state index in [4.69, 9.17) is 19.4 Å². The highest BCUT2D eigenvalue weighted by molar-refractivity contribution is 7.39. The molecule has 7 nitrogen and oxygen atoms in total. The van der Waals surface area contributed by atoms with Gasteiger partial charge in [-0.15, -0.1) is 0 Å². The van der Waals surface area contributed by atoms with Crippen LogP contribution in [0.25, 0.3) is 0 Å². The van der Waals surface area contributed by atoms with Gasteiger partial charge in [-0.2, -0.15) is 9.90 Å². The first-order valence-corrected chi connectivity index (χ1v) is 6.18. The predicted molar refractivity (Wildman–Crippen MR) is 70.8 cm³/mol. The largest absolute Gasteiger partial charge is 0.480 e. The van der Waals surface area contributed by atoms with Crippen molar-refractivity contribution < 1.29 is 24.2 Å². The fraction of sp³-hybridized carbons (Fsp3) is 0.875. The Hall–Kier alpha value is 0.130. The summed E-state index contributed by atoms with van der Waals surface area (Å²) < 4.78 is 4.69. The number of rotatable bonds is 10. The molecule has 17 heavy (non-hydrogen) atoms. The maximum Gasteiger partial charge on any atom is 0.328 e. The third-order valence-electron chi connectivity index (χ3n) is 1.78. The molecule has 0 aliphatic rings. The first-order valence-electron chi connectivity index (χ1n) is 5.02. The molecule has 0 amide bonds. The number of hydrogen-bond donors (Lipinski definition) is 4. The average molecular weight is 288 g/mol. The van der Waals surface area contributed by atoms with Gasteiger partial charge in [-0.25, -0.2) is 0 Å². The van der Waals surface area contributed by atoms with Gasteiger partial charge >= 0.3 is 14.6 Å². The second kappa shape index (κ2) is 12.6. The Morgan fingerprint density at radius 1 is 1.41 bits per heavy atom. The summed E-state index contributed by atoms with van der Waals surface area (Å²) in [5.41, 5.74) is 0. The van der Waals surface area contributed by atoms with Gasteiger partial charge in [0.2, 0.25) is 0 Å². The van der Waals surface area contributed by atoms with Crippen LogP contribution < -0.4 is 5.32 Å². The molecule has 0 saturated heterocycles. The first-order chi connectivity index (χ1) is 7.56. The molecule has 9 heteroatoms. The summed E-state index contributed by atoms with van der Waals surface area (Å²) in [7, 11) is -2.33. The van der Waals surface area contributed by atoms with Crippen LogP contribution in [0.1, 0.15) is 13.3 Å². The van der Waals surface area contributed by atoms with E-state index in [1.807, 2.05) is 11.8 Å². The SMILES string of the molecule is CCCN(CCNCC(=O)O)COP(O)O.P. The van der Waals surface area contributed by atoms with Gasteiger partial charge in [0.25, 0.3) is 0 Å². The first kappa shape index (κ1) is 19.5. The lowest BCUT2D eigenvalue weighted by Gasteiger charge is -2.21. The summed E-state index contributed by atoms with van der Waals surface area (Å²) >= 11 is 0. The van der Waals surface area contributed by atoms with Crippen molar-refractivity contribution in [3.8, 4) is 0 Å². The summed E-state index contributed by atoms with van der Waals surface area (Å²) in [5, 5.41) is 11.1. The zero-order valence-corrected chi connectivity index (χ0v) is 12.3. The summed E-state index contributed by atoms with van der Waals surface area (Å²) in [6.07, 6.45) is 0.914. The lowest BCUT2D eigenvalue weighted by Crippen LogP contribution is -2.35. The summed E-state index contributed by atoms with van der Waals surface area (Å²) in [5.74, 6) is -0.896. The molecule has 0 aliphatic heterocycles. The molecular formula is C8H22N2O5P2. The standard InChI is InChI=1S/C8H19N2O5P.H3P/c1-2-4-10(7-15-16(13)14)5-3-9-6-8(11)12;/h9,13-14H,2-7H2,1H3,(H,11,12);1H3. The van der Waals surface area contributed by atoms with Crippen LogP contribution in [-0.4, -0.2) is 58.7 Å². The lowest BCUT2D eigenvalue weighted by molar-refractivity contribution is -0.135. The molecule has 104 valence electrons. The zero-order chi connectivity index (χ0) is 12.4. The number of aliphatic carboxylic acids is 1. The average Bonchev–Trinajstić information content (AvgIpc) is 2.20. The summed E-state index contributed by atoms with van der Waals surface area (Å²) in [6.45, 7) is 3.94. The molecule has 0 aromatic rings. The smallest absolute Gasteiger partial charge is 0.328 e. The van der Waals surface area contributed by atoms with Crippen LogP contribution in [0.2, 0.25) is 0 Å². The second-order valence-electron chi connectivity index (χ2n) is 3.20. The number of carbonyl (C=O) groups is 1. The normalized spacial score (nSPS) is 10.6. The molecule has 0 spiro atoms. The Morgan fingerprint density at radius 3 is 2.53 bits per heavy atom. The van der Waals surface area contributed by atoms with Crippen molar-refractivity contribution in [1.82, 2.24) is 10.2 Å². The van der Waals surface area contributed by atoms with E-state index in [1.165, 1.54) is 0 Å². The maximum absolute atomic E-state index is 10.2. The molecule has 1 unspecified atom stereocenters. The van der Waals surface area contributed by atoms with Crippen LogP contribution in [0, 0.1) is 0 Å². The molecule has 0 bridgehead atoms.